The second-order valence-electron chi connectivity index (χ2n) is 0.917. The fraction of sp³-hybridized carbons (Fsp3) is 0.333. The average molecular weight is 147 g/mol. The predicted molar refractivity (Wildman–Crippen MR) is 27.6 cm³/mol. The first-order chi connectivity index (χ1) is 2.89. The molecule has 1 heterocycles. The van der Waals surface area contributed by atoms with Crippen LogP contribution in [-0.4, -0.2) is 11.2 Å². The molecule has 0 aliphatic carbocycles. The average Bonchev–Trinajstić information content (AvgIpc) is 1.86. The second-order valence-corrected chi connectivity index (χ2v) is 1.83. The standard InChI is InChI=1S/C3H3BrN2/c4-3-1-2-5-6-3/h2-3,6H. The fourth-order valence-corrected chi connectivity index (χ4v) is 0.479. The lowest BCUT2D eigenvalue weighted by Gasteiger charge is -1.91. The summed E-state index contributed by atoms with van der Waals surface area (Å²) in [5.74, 6) is 0. The lowest BCUT2D eigenvalue weighted by atomic mass is 10.5. The van der Waals surface area contributed by atoms with Gasteiger partial charge in [0, 0.05) is 6.21 Å². The molecular weight excluding hydrogens is 144 g/mol. The van der Waals surface area contributed by atoms with Gasteiger partial charge in [-0.2, -0.15) is 5.10 Å². The Kier molecular flexibility index (Phi) is 1.10. The van der Waals surface area contributed by atoms with E-state index in [0.717, 1.165) is 0 Å². The molecule has 0 fully saturated rings. The summed E-state index contributed by atoms with van der Waals surface area (Å²) in [6.45, 7) is 0. The topological polar surface area (TPSA) is 24.4 Å². The minimum atomic E-state index is 0.137. The Bertz CT molecular complexity index is 63.2. The van der Waals surface area contributed by atoms with Crippen LogP contribution in [-0.2, 0) is 0 Å². The Balaban J connectivity index is 2.32. The Labute approximate surface area is 44.7 Å². The van der Waals surface area contributed by atoms with E-state index in [-0.39, 0.29) is 4.95 Å². The van der Waals surface area contributed by atoms with Gasteiger partial charge < -0.3 is 0 Å². The largest absolute Gasteiger partial charge is 0.296 e. The highest BCUT2D eigenvalue weighted by Crippen LogP contribution is 2.00. The zero-order valence-electron chi connectivity index (χ0n) is 2.98. The molecule has 1 atom stereocenters. The van der Waals surface area contributed by atoms with E-state index >= 15 is 0 Å². The lowest BCUT2D eigenvalue weighted by molar-refractivity contribution is 0.820. The molecule has 1 aliphatic rings. The molecule has 0 amide bonds. The molecular formula is C3H3BrN2. The van der Waals surface area contributed by atoms with Crippen LogP contribution in [0.1, 0.15) is 0 Å². The molecule has 0 aromatic rings. The van der Waals surface area contributed by atoms with Crippen molar-refractivity contribution < 1.29 is 0 Å². The minimum absolute atomic E-state index is 0.137. The summed E-state index contributed by atoms with van der Waals surface area (Å²) in [6, 6.07) is 0. The number of hydrazone groups is 1. The number of nitrogens with one attached hydrogen (secondary N) is 1. The molecule has 0 spiro atoms. The normalized spacial score (nSPS) is 30.5. The Morgan fingerprint density at radius 1 is 2.00 bits per heavy atom. The van der Waals surface area contributed by atoms with Crippen molar-refractivity contribution in [1.29, 1.82) is 0 Å². The maximum atomic E-state index is 3.63. The maximum absolute atomic E-state index is 3.63. The molecule has 1 N–H and O–H groups in total. The summed E-state index contributed by atoms with van der Waals surface area (Å²) in [5, 5.41) is 3.63. The molecule has 3 heteroatoms. The zero-order chi connectivity index (χ0) is 4.41. The first-order valence-corrected chi connectivity index (χ1v) is 2.48. The summed E-state index contributed by atoms with van der Waals surface area (Å²) in [7, 11) is 0. The molecule has 2 nitrogen and oxygen atoms in total. The van der Waals surface area contributed by atoms with Gasteiger partial charge in [-0.05, 0) is 0 Å². The SMILES string of the molecule is BrC1[C]C=NN1. The van der Waals surface area contributed by atoms with Crippen LogP contribution in [0.4, 0.5) is 0 Å². The van der Waals surface area contributed by atoms with Crippen molar-refractivity contribution >= 4 is 22.1 Å². The van der Waals surface area contributed by atoms with Crippen LogP contribution in [0, 0.1) is 6.42 Å². The summed E-state index contributed by atoms with van der Waals surface area (Å²) in [6.07, 6.45) is 4.43. The highest BCUT2D eigenvalue weighted by Gasteiger charge is 2.03. The number of rotatable bonds is 0. The number of nitrogens with zero attached hydrogens (tertiary/aromatic N) is 1. The number of halogens is 1. The van der Waals surface area contributed by atoms with Gasteiger partial charge in [-0.25, -0.2) is 0 Å². The number of hydrogen-bond donors (Lipinski definition) is 1. The molecule has 0 saturated carbocycles. The smallest absolute Gasteiger partial charge is 0.111 e. The third kappa shape index (κ3) is 0.712. The molecule has 0 aromatic heterocycles. The third-order valence-corrected chi connectivity index (χ3v) is 0.942. The van der Waals surface area contributed by atoms with Crippen molar-refractivity contribution in [3.8, 4) is 0 Å². The van der Waals surface area contributed by atoms with Gasteiger partial charge in [0.2, 0.25) is 0 Å². The van der Waals surface area contributed by atoms with Gasteiger partial charge in [-0.15, -0.1) is 0 Å². The Morgan fingerprint density at radius 2 is 2.83 bits per heavy atom. The Hall–Kier alpha value is -0.0500. The summed E-state index contributed by atoms with van der Waals surface area (Å²) in [5.41, 5.74) is 2.69. The van der Waals surface area contributed by atoms with Gasteiger partial charge in [0.05, 0.1) is 6.42 Å². The summed E-state index contributed by atoms with van der Waals surface area (Å²) < 4.78 is 0. The molecule has 32 valence electrons. The van der Waals surface area contributed by atoms with E-state index in [2.05, 4.69) is 32.9 Å². The monoisotopic (exact) mass is 146 g/mol. The molecule has 1 aliphatic heterocycles. The van der Waals surface area contributed by atoms with Crippen LogP contribution in [0.5, 0.6) is 0 Å². The first kappa shape index (κ1) is 4.12. The third-order valence-electron chi connectivity index (χ3n) is 0.473. The predicted octanol–water partition coefficient (Wildman–Crippen LogP) is 0.378. The van der Waals surface area contributed by atoms with E-state index in [9.17, 15) is 0 Å². The molecule has 2 radical (unpaired) electrons. The van der Waals surface area contributed by atoms with Crippen molar-refractivity contribution in [2.45, 2.75) is 4.95 Å². The van der Waals surface area contributed by atoms with Crippen molar-refractivity contribution in [1.82, 2.24) is 5.43 Å². The quantitative estimate of drug-likeness (QED) is 0.388. The van der Waals surface area contributed by atoms with E-state index in [1.807, 2.05) is 0 Å². The number of hydrogen-bond acceptors (Lipinski definition) is 2. The van der Waals surface area contributed by atoms with E-state index in [0.29, 0.717) is 0 Å². The molecule has 0 aromatic carbocycles. The minimum Gasteiger partial charge on any atom is -0.296 e. The molecule has 0 saturated heterocycles. The highest BCUT2D eigenvalue weighted by atomic mass is 79.9. The van der Waals surface area contributed by atoms with Crippen LogP contribution in [0.15, 0.2) is 5.10 Å². The van der Waals surface area contributed by atoms with Crippen molar-refractivity contribution in [2.24, 2.45) is 5.10 Å². The summed E-state index contributed by atoms with van der Waals surface area (Å²) in [4.78, 5) is 0.137. The van der Waals surface area contributed by atoms with Crippen LogP contribution < -0.4 is 5.43 Å². The fourth-order valence-electron chi connectivity index (χ4n) is 0.243. The lowest BCUT2D eigenvalue weighted by Crippen LogP contribution is -2.09. The van der Waals surface area contributed by atoms with Crippen LogP contribution in [0.3, 0.4) is 0 Å². The van der Waals surface area contributed by atoms with Gasteiger partial charge in [0.1, 0.15) is 4.95 Å². The van der Waals surface area contributed by atoms with Crippen molar-refractivity contribution in [3.05, 3.63) is 6.42 Å². The first-order valence-electron chi connectivity index (χ1n) is 1.57. The van der Waals surface area contributed by atoms with E-state index < -0.39 is 0 Å². The number of alkyl halides is 1. The highest BCUT2D eigenvalue weighted by molar-refractivity contribution is 9.09. The van der Waals surface area contributed by atoms with Gasteiger partial charge in [0.15, 0.2) is 0 Å². The molecule has 0 bridgehead atoms. The molecule has 1 unspecified atom stereocenters. The molecule has 6 heavy (non-hydrogen) atoms. The molecule has 1 rings (SSSR count). The van der Waals surface area contributed by atoms with Crippen LogP contribution in [0.25, 0.3) is 0 Å². The van der Waals surface area contributed by atoms with Gasteiger partial charge in [-0.1, -0.05) is 15.9 Å². The van der Waals surface area contributed by atoms with E-state index in [1.165, 1.54) is 0 Å². The maximum Gasteiger partial charge on any atom is 0.111 e. The zero-order valence-corrected chi connectivity index (χ0v) is 4.57. The van der Waals surface area contributed by atoms with E-state index in [1.54, 1.807) is 6.21 Å². The Morgan fingerprint density at radius 3 is 3.00 bits per heavy atom. The van der Waals surface area contributed by atoms with Crippen molar-refractivity contribution in [2.75, 3.05) is 0 Å². The van der Waals surface area contributed by atoms with Gasteiger partial charge >= 0.3 is 0 Å². The van der Waals surface area contributed by atoms with Crippen LogP contribution >= 0.6 is 15.9 Å². The van der Waals surface area contributed by atoms with Gasteiger partial charge in [0.25, 0.3) is 0 Å². The second kappa shape index (κ2) is 1.60. The van der Waals surface area contributed by atoms with E-state index in [4.69, 9.17) is 0 Å². The van der Waals surface area contributed by atoms with Gasteiger partial charge in [-0.3, -0.25) is 5.43 Å². The summed E-state index contributed by atoms with van der Waals surface area (Å²) >= 11 is 3.19. The van der Waals surface area contributed by atoms with Crippen LogP contribution in [0.2, 0.25) is 0 Å². The van der Waals surface area contributed by atoms with Crippen molar-refractivity contribution in [3.63, 3.8) is 0 Å².